The molecule has 0 aliphatic carbocycles. The summed E-state index contributed by atoms with van der Waals surface area (Å²) in [5.41, 5.74) is 1.15. The Bertz CT molecular complexity index is 181. The second kappa shape index (κ2) is 3.14. The molecule has 0 N–H and O–H groups in total. The van der Waals surface area contributed by atoms with Gasteiger partial charge >= 0.3 is 0 Å². The van der Waals surface area contributed by atoms with Crippen LogP contribution in [-0.4, -0.2) is 0 Å². The van der Waals surface area contributed by atoms with Gasteiger partial charge in [-0.15, -0.1) is 0 Å². The summed E-state index contributed by atoms with van der Waals surface area (Å²) in [5.74, 6) is 0.664. The van der Waals surface area contributed by atoms with E-state index in [1.807, 2.05) is 24.3 Å². The molecule has 0 saturated heterocycles. The van der Waals surface area contributed by atoms with Crippen LogP contribution in [0.2, 0.25) is 5.02 Å². The normalized spacial score (nSPS) is 9.56. The Labute approximate surface area is 65.3 Å². The Morgan fingerprint density at radius 3 is 2.22 bits per heavy atom. The average Bonchev–Trinajstić information content (AvgIpc) is 1.90. The van der Waals surface area contributed by atoms with Gasteiger partial charge in [-0.1, -0.05) is 36.4 Å². The maximum Gasteiger partial charge on any atom is 0.0406 e. The van der Waals surface area contributed by atoms with Gasteiger partial charge in [0.2, 0.25) is 0 Å². The third-order valence-corrected chi connectivity index (χ3v) is 1.67. The van der Waals surface area contributed by atoms with E-state index < -0.39 is 0 Å². The van der Waals surface area contributed by atoms with Crippen LogP contribution in [0, 0.1) is 0 Å². The van der Waals surface area contributed by atoms with Gasteiger partial charge in [0.1, 0.15) is 0 Å². The number of hydrogen-bond donors (Lipinski definition) is 0. The predicted octanol–water partition coefficient (Wildman–Crippen LogP) is 3.04. The molecule has 1 rings (SSSR count). The summed E-state index contributed by atoms with van der Waals surface area (Å²) in [6.45, 7) is 0. The molecule has 9 heavy (non-hydrogen) atoms. The zero-order chi connectivity index (χ0) is 6.69. The first-order chi connectivity index (χ1) is 4.33. The summed E-state index contributed by atoms with van der Waals surface area (Å²) < 4.78 is 0. The van der Waals surface area contributed by atoms with Crippen molar-refractivity contribution in [2.75, 3.05) is 0 Å². The first-order valence-electron chi connectivity index (χ1n) is 2.65. The standard InChI is InChI=1S/C7H6ClS/c8-7-3-1-6(5-9)2-4-7/h1-4H,5H2. The molecule has 0 aliphatic heterocycles. The molecule has 0 amide bonds. The third-order valence-electron chi connectivity index (χ3n) is 1.08. The lowest BCUT2D eigenvalue weighted by atomic mass is 10.2. The SMILES string of the molecule is [S]Cc1ccc(Cl)cc1. The van der Waals surface area contributed by atoms with Crippen molar-refractivity contribution in [1.29, 1.82) is 0 Å². The van der Waals surface area contributed by atoms with Crippen LogP contribution in [0.4, 0.5) is 0 Å². The van der Waals surface area contributed by atoms with E-state index in [2.05, 4.69) is 0 Å². The van der Waals surface area contributed by atoms with Gasteiger partial charge in [0.05, 0.1) is 0 Å². The largest absolute Gasteiger partial charge is 0.0890 e. The zero-order valence-corrected chi connectivity index (χ0v) is 6.38. The molecule has 0 nitrogen and oxygen atoms in total. The van der Waals surface area contributed by atoms with E-state index in [0.29, 0.717) is 5.75 Å². The Kier molecular flexibility index (Phi) is 2.43. The molecule has 0 unspecified atom stereocenters. The number of benzene rings is 1. The van der Waals surface area contributed by atoms with Crippen molar-refractivity contribution < 1.29 is 0 Å². The van der Waals surface area contributed by atoms with Gasteiger partial charge < -0.3 is 0 Å². The molecule has 2 heteroatoms. The van der Waals surface area contributed by atoms with Crippen molar-refractivity contribution in [1.82, 2.24) is 0 Å². The molecular weight excluding hydrogens is 152 g/mol. The summed E-state index contributed by atoms with van der Waals surface area (Å²) in [5, 5.41) is 0.766. The minimum Gasteiger partial charge on any atom is -0.0890 e. The smallest absolute Gasteiger partial charge is 0.0406 e. The van der Waals surface area contributed by atoms with Crippen molar-refractivity contribution in [2.45, 2.75) is 5.75 Å². The highest BCUT2D eigenvalue weighted by Gasteiger charge is 1.87. The minimum atomic E-state index is 0.664. The second-order valence-electron chi connectivity index (χ2n) is 1.77. The van der Waals surface area contributed by atoms with Crippen LogP contribution >= 0.6 is 24.2 Å². The highest BCUT2D eigenvalue weighted by Crippen LogP contribution is 2.10. The fourth-order valence-corrected chi connectivity index (χ4v) is 0.899. The van der Waals surface area contributed by atoms with Gasteiger partial charge in [-0.05, 0) is 17.7 Å². The molecule has 0 heterocycles. The summed E-state index contributed by atoms with van der Waals surface area (Å²) in [4.78, 5) is 0. The molecule has 0 aliphatic rings. The minimum absolute atomic E-state index is 0.664. The maximum absolute atomic E-state index is 5.63. The van der Waals surface area contributed by atoms with E-state index >= 15 is 0 Å². The Hall–Kier alpha value is -0.140. The van der Waals surface area contributed by atoms with E-state index in [0.717, 1.165) is 10.6 Å². The first kappa shape index (κ1) is 6.97. The van der Waals surface area contributed by atoms with Gasteiger partial charge in [0, 0.05) is 10.8 Å². The van der Waals surface area contributed by atoms with Crippen LogP contribution in [0.1, 0.15) is 5.56 Å². The molecule has 1 radical (unpaired) electrons. The molecule has 0 spiro atoms. The predicted molar refractivity (Wildman–Crippen MR) is 42.7 cm³/mol. The lowest BCUT2D eigenvalue weighted by molar-refractivity contribution is 1.43. The van der Waals surface area contributed by atoms with E-state index in [9.17, 15) is 0 Å². The molecule has 0 fully saturated rings. The number of rotatable bonds is 1. The summed E-state index contributed by atoms with van der Waals surface area (Å²) in [7, 11) is 0. The van der Waals surface area contributed by atoms with E-state index in [4.69, 9.17) is 24.2 Å². The van der Waals surface area contributed by atoms with Crippen LogP contribution in [0.15, 0.2) is 24.3 Å². The fraction of sp³-hybridized carbons (Fsp3) is 0.143. The van der Waals surface area contributed by atoms with Gasteiger partial charge in [-0.2, -0.15) is 0 Å². The highest BCUT2D eigenvalue weighted by molar-refractivity contribution is 7.79. The van der Waals surface area contributed by atoms with Gasteiger partial charge in [0.15, 0.2) is 0 Å². The summed E-state index contributed by atoms with van der Waals surface area (Å²) in [6, 6.07) is 7.58. The molecule has 0 atom stereocenters. The highest BCUT2D eigenvalue weighted by atomic mass is 35.5. The van der Waals surface area contributed by atoms with Crippen LogP contribution < -0.4 is 0 Å². The lowest BCUT2D eigenvalue weighted by Crippen LogP contribution is -1.73. The molecule has 1 aromatic rings. The second-order valence-corrected chi connectivity index (χ2v) is 2.50. The number of halogens is 1. The van der Waals surface area contributed by atoms with E-state index in [1.54, 1.807) is 0 Å². The van der Waals surface area contributed by atoms with Gasteiger partial charge in [-0.3, -0.25) is 0 Å². The summed E-state index contributed by atoms with van der Waals surface area (Å²) >= 11 is 10.5. The molecule has 0 aromatic heterocycles. The van der Waals surface area contributed by atoms with Crippen LogP contribution in [0.3, 0.4) is 0 Å². The fourth-order valence-electron chi connectivity index (χ4n) is 0.581. The van der Waals surface area contributed by atoms with Crippen LogP contribution in [-0.2, 0) is 5.75 Å². The van der Waals surface area contributed by atoms with Crippen molar-refractivity contribution in [3.8, 4) is 0 Å². The van der Waals surface area contributed by atoms with Crippen molar-refractivity contribution in [3.63, 3.8) is 0 Å². The van der Waals surface area contributed by atoms with Crippen LogP contribution in [0.25, 0.3) is 0 Å². The quantitative estimate of drug-likeness (QED) is 0.588. The molecule has 47 valence electrons. The van der Waals surface area contributed by atoms with Gasteiger partial charge in [0.25, 0.3) is 0 Å². The zero-order valence-electron chi connectivity index (χ0n) is 4.80. The Balaban J connectivity index is 2.88. The first-order valence-corrected chi connectivity index (χ1v) is 3.61. The van der Waals surface area contributed by atoms with E-state index in [1.165, 1.54) is 0 Å². The van der Waals surface area contributed by atoms with E-state index in [-0.39, 0.29) is 0 Å². The van der Waals surface area contributed by atoms with Crippen LogP contribution in [0.5, 0.6) is 0 Å². The van der Waals surface area contributed by atoms with Crippen molar-refractivity contribution >= 4 is 24.2 Å². The molecular formula is C7H6ClS. The molecule has 1 aromatic carbocycles. The van der Waals surface area contributed by atoms with Crippen molar-refractivity contribution in [2.24, 2.45) is 0 Å². The maximum atomic E-state index is 5.63. The monoisotopic (exact) mass is 157 g/mol. The lowest BCUT2D eigenvalue weighted by Gasteiger charge is -1.92. The molecule has 0 bridgehead atoms. The Morgan fingerprint density at radius 1 is 1.22 bits per heavy atom. The number of hydrogen-bond acceptors (Lipinski definition) is 0. The Morgan fingerprint density at radius 2 is 1.78 bits per heavy atom. The van der Waals surface area contributed by atoms with Gasteiger partial charge in [-0.25, -0.2) is 0 Å². The topological polar surface area (TPSA) is 0 Å². The summed E-state index contributed by atoms with van der Waals surface area (Å²) in [6.07, 6.45) is 0. The average molecular weight is 158 g/mol. The van der Waals surface area contributed by atoms with Crippen molar-refractivity contribution in [3.05, 3.63) is 34.9 Å². The third kappa shape index (κ3) is 1.92. The molecule has 0 saturated carbocycles.